The van der Waals surface area contributed by atoms with Gasteiger partial charge in [-0.3, -0.25) is 4.98 Å². The van der Waals surface area contributed by atoms with Crippen LogP contribution in [0.25, 0.3) is 10.8 Å². The number of hydrogen-bond donors (Lipinski definition) is 1. The third-order valence-corrected chi connectivity index (χ3v) is 4.91. The summed E-state index contributed by atoms with van der Waals surface area (Å²) >= 11 is 0. The summed E-state index contributed by atoms with van der Waals surface area (Å²) in [5, 5.41) is 6.30. The Morgan fingerprint density at radius 1 is 1.30 bits per heavy atom. The Morgan fingerprint density at radius 3 is 3.05 bits per heavy atom. The first kappa shape index (κ1) is 12.2. The predicted molar refractivity (Wildman–Crippen MR) is 83.1 cm³/mol. The Kier molecular flexibility index (Phi) is 2.71. The van der Waals surface area contributed by atoms with Crippen LogP contribution in [0.2, 0.25) is 0 Å². The highest BCUT2D eigenvalue weighted by Crippen LogP contribution is 2.41. The molecular weight excluding hydrogens is 246 g/mol. The van der Waals surface area contributed by atoms with Crippen molar-refractivity contribution in [2.24, 2.45) is 5.92 Å². The number of hydrogen-bond acceptors (Lipinski definition) is 3. The number of nitrogens with zero attached hydrogens (tertiary/aromatic N) is 2. The van der Waals surface area contributed by atoms with Crippen LogP contribution >= 0.6 is 0 Å². The number of benzene rings is 1. The zero-order valence-electron chi connectivity index (χ0n) is 12.0. The second-order valence-electron chi connectivity index (χ2n) is 6.41. The number of pyridine rings is 1. The van der Waals surface area contributed by atoms with Crippen molar-refractivity contribution in [1.82, 2.24) is 10.3 Å². The van der Waals surface area contributed by atoms with Gasteiger partial charge in [0.25, 0.3) is 0 Å². The van der Waals surface area contributed by atoms with Crippen LogP contribution in [0.5, 0.6) is 0 Å². The van der Waals surface area contributed by atoms with Crippen LogP contribution in [-0.4, -0.2) is 30.2 Å². The summed E-state index contributed by atoms with van der Waals surface area (Å²) in [4.78, 5) is 6.85. The Balaban J connectivity index is 1.71. The summed E-state index contributed by atoms with van der Waals surface area (Å²) in [5.74, 6) is 0.860. The molecule has 2 heterocycles. The van der Waals surface area contributed by atoms with Gasteiger partial charge in [-0.15, -0.1) is 0 Å². The lowest BCUT2D eigenvalue weighted by molar-refractivity contribution is 0.285. The third-order valence-electron chi connectivity index (χ3n) is 4.91. The van der Waals surface area contributed by atoms with Crippen LogP contribution in [0.3, 0.4) is 0 Å². The summed E-state index contributed by atoms with van der Waals surface area (Å²) in [5.41, 5.74) is 1.62. The van der Waals surface area contributed by atoms with E-state index >= 15 is 0 Å². The van der Waals surface area contributed by atoms with Crippen LogP contribution in [0.4, 0.5) is 5.69 Å². The average molecular weight is 267 g/mol. The summed E-state index contributed by atoms with van der Waals surface area (Å²) in [7, 11) is 0. The lowest BCUT2D eigenvalue weighted by Crippen LogP contribution is -2.60. The van der Waals surface area contributed by atoms with Crippen LogP contribution in [-0.2, 0) is 0 Å². The topological polar surface area (TPSA) is 28.2 Å². The van der Waals surface area contributed by atoms with Crippen molar-refractivity contribution in [1.29, 1.82) is 0 Å². The fourth-order valence-electron chi connectivity index (χ4n) is 3.58. The minimum Gasteiger partial charge on any atom is -0.368 e. The van der Waals surface area contributed by atoms with E-state index in [0.717, 1.165) is 25.6 Å². The molecule has 1 saturated carbocycles. The number of nitrogens with one attached hydrogen (secondary N) is 1. The van der Waals surface area contributed by atoms with Gasteiger partial charge in [0.2, 0.25) is 0 Å². The summed E-state index contributed by atoms with van der Waals surface area (Å²) in [6.45, 7) is 5.64. The van der Waals surface area contributed by atoms with Gasteiger partial charge >= 0.3 is 0 Å². The molecule has 1 aromatic carbocycles. The Morgan fingerprint density at radius 2 is 2.20 bits per heavy atom. The molecule has 1 unspecified atom stereocenters. The minimum atomic E-state index is 0.280. The van der Waals surface area contributed by atoms with E-state index < -0.39 is 0 Å². The molecule has 3 heteroatoms. The maximum atomic E-state index is 4.31. The highest BCUT2D eigenvalue weighted by Gasteiger charge is 2.44. The molecule has 2 aliphatic rings. The standard InChI is InChI=1S/C17H21N3/c1-17(14-5-6-14)12-20(10-9-19-17)16-4-2-3-13-7-8-18-11-15(13)16/h2-4,7-8,11,14,19H,5-6,9-10,12H2,1H3. The highest BCUT2D eigenvalue weighted by molar-refractivity contribution is 5.93. The van der Waals surface area contributed by atoms with E-state index in [1.54, 1.807) is 0 Å². The van der Waals surface area contributed by atoms with Crippen molar-refractivity contribution in [3.63, 3.8) is 0 Å². The summed E-state index contributed by atoms with van der Waals surface area (Å²) < 4.78 is 0. The first-order chi connectivity index (χ1) is 9.76. The zero-order chi connectivity index (χ0) is 13.6. The molecular formula is C17H21N3. The lowest BCUT2D eigenvalue weighted by Gasteiger charge is -2.43. The van der Waals surface area contributed by atoms with Gasteiger partial charge in [-0.2, -0.15) is 0 Å². The first-order valence-electron chi connectivity index (χ1n) is 7.59. The zero-order valence-corrected chi connectivity index (χ0v) is 12.0. The molecule has 2 fully saturated rings. The van der Waals surface area contributed by atoms with Gasteiger partial charge in [0.1, 0.15) is 0 Å². The van der Waals surface area contributed by atoms with Gasteiger partial charge in [0.05, 0.1) is 0 Å². The Labute approximate surface area is 120 Å². The van der Waals surface area contributed by atoms with Crippen LogP contribution < -0.4 is 10.2 Å². The molecule has 0 spiro atoms. The normalized spacial score (nSPS) is 26.9. The molecule has 1 N–H and O–H groups in total. The molecule has 2 aromatic rings. The van der Waals surface area contributed by atoms with E-state index in [1.807, 2.05) is 12.4 Å². The smallest absolute Gasteiger partial charge is 0.0462 e. The first-order valence-corrected chi connectivity index (χ1v) is 7.59. The van der Waals surface area contributed by atoms with Crippen molar-refractivity contribution in [2.45, 2.75) is 25.3 Å². The Bertz CT molecular complexity index is 630. The predicted octanol–water partition coefficient (Wildman–Crippen LogP) is 2.81. The average Bonchev–Trinajstić information content (AvgIpc) is 3.32. The van der Waals surface area contributed by atoms with E-state index in [0.29, 0.717) is 0 Å². The quantitative estimate of drug-likeness (QED) is 0.907. The second-order valence-corrected chi connectivity index (χ2v) is 6.41. The van der Waals surface area contributed by atoms with E-state index in [2.05, 4.69) is 46.4 Å². The van der Waals surface area contributed by atoms with Crippen molar-refractivity contribution in [3.05, 3.63) is 36.7 Å². The summed E-state index contributed by atoms with van der Waals surface area (Å²) in [6.07, 6.45) is 6.64. The van der Waals surface area contributed by atoms with Gasteiger partial charge < -0.3 is 10.2 Å². The maximum Gasteiger partial charge on any atom is 0.0462 e. The number of aromatic nitrogens is 1. The third kappa shape index (κ3) is 1.97. The van der Waals surface area contributed by atoms with Gasteiger partial charge in [-0.05, 0) is 43.2 Å². The van der Waals surface area contributed by atoms with Gasteiger partial charge in [0.15, 0.2) is 0 Å². The van der Waals surface area contributed by atoms with Crippen LogP contribution in [0, 0.1) is 5.92 Å². The molecule has 104 valence electrons. The molecule has 0 bridgehead atoms. The summed E-state index contributed by atoms with van der Waals surface area (Å²) in [6, 6.07) is 8.67. The molecule has 1 aliphatic heterocycles. The number of piperazine rings is 1. The molecule has 1 aromatic heterocycles. The molecule has 1 aliphatic carbocycles. The molecule has 1 atom stereocenters. The van der Waals surface area contributed by atoms with Gasteiger partial charge in [-0.25, -0.2) is 0 Å². The van der Waals surface area contributed by atoms with Crippen molar-refractivity contribution >= 4 is 16.5 Å². The minimum absolute atomic E-state index is 0.280. The SMILES string of the molecule is CC1(C2CC2)CN(c2cccc3ccncc23)CCN1. The van der Waals surface area contributed by atoms with Crippen molar-refractivity contribution in [2.75, 3.05) is 24.5 Å². The molecule has 1 saturated heterocycles. The lowest BCUT2D eigenvalue weighted by atomic mass is 9.92. The fraction of sp³-hybridized carbons (Fsp3) is 0.471. The number of rotatable bonds is 2. The monoisotopic (exact) mass is 267 g/mol. The molecule has 20 heavy (non-hydrogen) atoms. The highest BCUT2D eigenvalue weighted by atomic mass is 15.2. The fourth-order valence-corrected chi connectivity index (χ4v) is 3.58. The van der Waals surface area contributed by atoms with Crippen molar-refractivity contribution in [3.8, 4) is 0 Å². The van der Waals surface area contributed by atoms with Crippen LogP contribution in [0.15, 0.2) is 36.7 Å². The van der Waals surface area contributed by atoms with Gasteiger partial charge in [-0.1, -0.05) is 12.1 Å². The molecule has 4 rings (SSSR count). The maximum absolute atomic E-state index is 4.31. The molecule has 0 amide bonds. The van der Waals surface area contributed by atoms with E-state index in [1.165, 1.54) is 29.3 Å². The van der Waals surface area contributed by atoms with E-state index in [9.17, 15) is 0 Å². The largest absolute Gasteiger partial charge is 0.368 e. The van der Waals surface area contributed by atoms with Gasteiger partial charge in [0, 0.05) is 48.6 Å². The molecule has 3 nitrogen and oxygen atoms in total. The molecule has 0 radical (unpaired) electrons. The van der Waals surface area contributed by atoms with E-state index in [4.69, 9.17) is 0 Å². The number of fused-ring (bicyclic) bond motifs is 1. The Hall–Kier alpha value is -1.61. The second kappa shape index (κ2) is 4.45. The van der Waals surface area contributed by atoms with Crippen molar-refractivity contribution < 1.29 is 0 Å². The number of anilines is 1. The van der Waals surface area contributed by atoms with Crippen LogP contribution in [0.1, 0.15) is 19.8 Å². The van der Waals surface area contributed by atoms with E-state index in [-0.39, 0.29) is 5.54 Å².